The van der Waals surface area contributed by atoms with E-state index in [0.717, 1.165) is 43.4 Å². The predicted octanol–water partition coefficient (Wildman–Crippen LogP) is 3.52. The number of ether oxygens (including phenoxy) is 1. The second-order valence-electron chi connectivity index (χ2n) is 5.25. The molecule has 1 heterocycles. The van der Waals surface area contributed by atoms with Crippen molar-refractivity contribution in [1.29, 1.82) is 0 Å². The molecule has 2 aromatic rings. The average Bonchev–Trinajstić information content (AvgIpc) is 3.17. The smallest absolute Gasteiger partial charge is 0.134 e. The number of fused-ring (bicyclic) bond motifs is 1. The maximum Gasteiger partial charge on any atom is 0.134 e. The lowest BCUT2D eigenvalue weighted by molar-refractivity contribution is 0.318. The van der Waals surface area contributed by atoms with Gasteiger partial charge in [0, 0.05) is 11.4 Å². The Labute approximate surface area is 113 Å². The molecule has 19 heavy (non-hydrogen) atoms. The molecule has 3 rings (SSSR count). The Bertz CT molecular complexity index is 543. The van der Waals surface area contributed by atoms with Crippen molar-refractivity contribution in [1.82, 2.24) is 5.32 Å². The molecule has 1 aromatic heterocycles. The fourth-order valence-electron chi connectivity index (χ4n) is 2.26. The monoisotopic (exact) mass is 259 g/mol. The normalized spacial score (nSPS) is 15.0. The van der Waals surface area contributed by atoms with E-state index < -0.39 is 0 Å². The fourth-order valence-corrected chi connectivity index (χ4v) is 2.26. The summed E-state index contributed by atoms with van der Waals surface area (Å²) in [6, 6.07) is 6.84. The largest absolute Gasteiger partial charge is 0.494 e. The van der Waals surface area contributed by atoms with Crippen molar-refractivity contribution < 1.29 is 9.15 Å². The Hall–Kier alpha value is -1.48. The maximum atomic E-state index is 5.68. The van der Waals surface area contributed by atoms with Crippen LogP contribution < -0.4 is 10.1 Å². The zero-order valence-electron chi connectivity index (χ0n) is 11.4. The molecule has 3 nitrogen and oxygen atoms in total. The summed E-state index contributed by atoms with van der Waals surface area (Å²) in [6.07, 6.45) is 6.59. The van der Waals surface area contributed by atoms with Gasteiger partial charge in [-0.25, -0.2) is 0 Å². The number of rotatable bonds is 7. The highest BCUT2D eigenvalue weighted by Gasteiger charge is 2.19. The molecule has 0 atom stereocenters. The van der Waals surface area contributed by atoms with Crippen molar-refractivity contribution in [3.05, 3.63) is 30.0 Å². The van der Waals surface area contributed by atoms with Gasteiger partial charge < -0.3 is 14.5 Å². The van der Waals surface area contributed by atoms with Gasteiger partial charge in [-0.1, -0.05) is 6.92 Å². The topological polar surface area (TPSA) is 34.4 Å². The summed E-state index contributed by atoms with van der Waals surface area (Å²) in [7, 11) is 0. The van der Waals surface area contributed by atoms with Crippen molar-refractivity contribution in [2.75, 3.05) is 13.2 Å². The van der Waals surface area contributed by atoms with Crippen LogP contribution >= 0.6 is 0 Å². The van der Waals surface area contributed by atoms with E-state index in [4.69, 9.17) is 9.15 Å². The van der Waals surface area contributed by atoms with Crippen molar-refractivity contribution in [3.8, 4) is 5.75 Å². The van der Waals surface area contributed by atoms with E-state index in [1.807, 2.05) is 18.4 Å². The molecule has 1 aliphatic carbocycles. The van der Waals surface area contributed by atoms with E-state index in [0.29, 0.717) is 0 Å². The number of hydrogen-bond donors (Lipinski definition) is 1. The van der Waals surface area contributed by atoms with Crippen LogP contribution in [0, 0.1) is 0 Å². The summed E-state index contributed by atoms with van der Waals surface area (Å²) in [6.45, 7) is 3.91. The van der Waals surface area contributed by atoms with Crippen LogP contribution in [0.1, 0.15) is 31.7 Å². The summed E-state index contributed by atoms with van der Waals surface area (Å²) >= 11 is 0. The molecule has 0 saturated heterocycles. The number of hydrogen-bond acceptors (Lipinski definition) is 3. The Kier molecular flexibility index (Phi) is 3.74. The van der Waals surface area contributed by atoms with Crippen molar-refractivity contribution in [2.45, 2.75) is 38.6 Å². The molecule has 0 spiro atoms. The van der Waals surface area contributed by atoms with Crippen molar-refractivity contribution >= 4 is 11.0 Å². The van der Waals surface area contributed by atoms with E-state index in [1.54, 1.807) is 0 Å². The first-order chi connectivity index (χ1) is 9.36. The van der Waals surface area contributed by atoms with Crippen molar-refractivity contribution in [2.24, 2.45) is 0 Å². The maximum absolute atomic E-state index is 5.68. The van der Waals surface area contributed by atoms with Gasteiger partial charge in [-0.05, 0) is 56.0 Å². The fraction of sp³-hybridized carbons (Fsp3) is 0.500. The summed E-state index contributed by atoms with van der Waals surface area (Å²) in [5, 5.41) is 4.72. The molecule has 0 unspecified atom stereocenters. The summed E-state index contributed by atoms with van der Waals surface area (Å²) in [4.78, 5) is 0. The quantitative estimate of drug-likeness (QED) is 0.826. The lowest BCUT2D eigenvalue weighted by Gasteiger charge is -2.05. The molecule has 1 saturated carbocycles. The Morgan fingerprint density at radius 2 is 2.26 bits per heavy atom. The molecular weight excluding hydrogens is 238 g/mol. The third-order valence-corrected chi connectivity index (χ3v) is 3.50. The molecule has 1 aliphatic rings. The van der Waals surface area contributed by atoms with Gasteiger partial charge in [0.25, 0.3) is 0 Å². The van der Waals surface area contributed by atoms with Gasteiger partial charge in [-0.15, -0.1) is 0 Å². The Morgan fingerprint density at radius 1 is 1.37 bits per heavy atom. The zero-order chi connectivity index (χ0) is 13.1. The van der Waals surface area contributed by atoms with Gasteiger partial charge in [0.2, 0.25) is 0 Å². The second-order valence-corrected chi connectivity index (χ2v) is 5.25. The second kappa shape index (κ2) is 5.66. The van der Waals surface area contributed by atoms with E-state index in [9.17, 15) is 0 Å². The first kappa shape index (κ1) is 12.5. The molecule has 1 N–H and O–H groups in total. The molecule has 0 radical (unpaired) electrons. The first-order valence-electron chi connectivity index (χ1n) is 7.23. The van der Waals surface area contributed by atoms with Crippen LogP contribution in [0.15, 0.2) is 28.9 Å². The van der Waals surface area contributed by atoms with E-state index >= 15 is 0 Å². The minimum absolute atomic E-state index is 0.765. The molecule has 1 aromatic carbocycles. The van der Waals surface area contributed by atoms with Gasteiger partial charge in [0.05, 0.1) is 12.9 Å². The van der Waals surface area contributed by atoms with Crippen LogP contribution in [0.25, 0.3) is 11.0 Å². The lowest BCUT2D eigenvalue weighted by atomic mass is 10.1. The lowest BCUT2D eigenvalue weighted by Crippen LogP contribution is -2.19. The van der Waals surface area contributed by atoms with E-state index in [2.05, 4.69) is 18.3 Å². The average molecular weight is 259 g/mol. The Morgan fingerprint density at radius 3 is 3.05 bits per heavy atom. The van der Waals surface area contributed by atoms with Crippen LogP contribution in [-0.2, 0) is 6.42 Å². The SMILES string of the molecule is CCCOc1ccc2occ(CCNC3CC3)c2c1. The zero-order valence-corrected chi connectivity index (χ0v) is 11.4. The molecule has 0 amide bonds. The van der Waals surface area contributed by atoms with Crippen LogP contribution in [0.5, 0.6) is 5.75 Å². The van der Waals surface area contributed by atoms with Gasteiger partial charge in [0.1, 0.15) is 11.3 Å². The van der Waals surface area contributed by atoms with Gasteiger partial charge in [-0.2, -0.15) is 0 Å². The third-order valence-electron chi connectivity index (χ3n) is 3.50. The third kappa shape index (κ3) is 3.10. The highest BCUT2D eigenvalue weighted by atomic mass is 16.5. The van der Waals surface area contributed by atoms with Crippen molar-refractivity contribution in [3.63, 3.8) is 0 Å². The molecular formula is C16H21NO2. The first-order valence-corrected chi connectivity index (χ1v) is 7.23. The minimum Gasteiger partial charge on any atom is -0.494 e. The number of nitrogens with one attached hydrogen (secondary N) is 1. The predicted molar refractivity (Wildman–Crippen MR) is 76.7 cm³/mol. The Balaban J connectivity index is 1.70. The van der Waals surface area contributed by atoms with Gasteiger partial charge >= 0.3 is 0 Å². The van der Waals surface area contributed by atoms with E-state index in [-0.39, 0.29) is 0 Å². The minimum atomic E-state index is 0.765. The van der Waals surface area contributed by atoms with Crippen LogP contribution in [0.4, 0.5) is 0 Å². The van der Waals surface area contributed by atoms with Crippen LogP contribution in [0.2, 0.25) is 0 Å². The van der Waals surface area contributed by atoms with Gasteiger partial charge in [0.15, 0.2) is 0 Å². The molecule has 0 bridgehead atoms. The van der Waals surface area contributed by atoms with E-state index in [1.165, 1.54) is 23.8 Å². The van der Waals surface area contributed by atoms with Crippen LogP contribution in [-0.4, -0.2) is 19.2 Å². The summed E-state index contributed by atoms with van der Waals surface area (Å²) < 4.78 is 11.3. The highest BCUT2D eigenvalue weighted by molar-refractivity contribution is 5.82. The molecule has 0 aliphatic heterocycles. The molecule has 102 valence electrons. The standard InChI is InChI=1S/C16H21NO2/c1-2-9-18-14-5-6-16-15(10-14)12(11-19-16)7-8-17-13-3-4-13/h5-6,10-11,13,17H,2-4,7-9H2,1H3. The van der Waals surface area contributed by atoms with Crippen LogP contribution in [0.3, 0.4) is 0 Å². The molecule has 1 fully saturated rings. The molecule has 3 heteroatoms. The van der Waals surface area contributed by atoms with Gasteiger partial charge in [-0.3, -0.25) is 0 Å². The summed E-state index contributed by atoms with van der Waals surface area (Å²) in [5.74, 6) is 0.937. The highest BCUT2D eigenvalue weighted by Crippen LogP contribution is 2.26. The summed E-state index contributed by atoms with van der Waals surface area (Å²) in [5.41, 5.74) is 2.22. The number of furan rings is 1. The number of benzene rings is 1.